The zero-order chi connectivity index (χ0) is 12.8. The molecule has 0 saturated heterocycles. The van der Waals surface area contributed by atoms with Gasteiger partial charge in [0.05, 0.1) is 12.2 Å². The number of pyridine rings is 1. The van der Waals surface area contributed by atoms with Crippen molar-refractivity contribution < 1.29 is 0 Å². The number of aryl methyl sites for hydroxylation is 2. The smallest absolute Gasteiger partial charge is 0.0594 e. The average Bonchev–Trinajstić information content (AvgIpc) is 2.45. The molecule has 0 fully saturated rings. The highest BCUT2D eigenvalue weighted by Gasteiger charge is 2.05. The molecule has 18 heavy (non-hydrogen) atoms. The molecule has 0 saturated carbocycles. The number of rotatable bonds is 5. The number of benzene rings is 1. The quantitative estimate of drug-likeness (QED) is 0.859. The maximum Gasteiger partial charge on any atom is 0.0594 e. The van der Waals surface area contributed by atoms with E-state index in [0.717, 1.165) is 25.1 Å². The topological polar surface area (TPSA) is 24.9 Å². The van der Waals surface area contributed by atoms with Gasteiger partial charge >= 0.3 is 0 Å². The van der Waals surface area contributed by atoms with Crippen LogP contribution in [0.4, 0.5) is 5.69 Å². The summed E-state index contributed by atoms with van der Waals surface area (Å²) in [6.45, 7) is 5.17. The highest BCUT2D eigenvalue weighted by Crippen LogP contribution is 2.22. The number of aromatic nitrogens is 1. The lowest BCUT2D eigenvalue weighted by atomic mass is 10.0. The van der Waals surface area contributed by atoms with Gasteiger partial charge in [0.1, 0.15) is 0 Å². The minimum Gasteiger partial charge on any atom is -0.379 e. The first-order chi connectivity index (χ1) is 8.85. The summed E-state index contributed by atoms with van der Waals surface area (Å²) >= 11 is 0. The lowest BCUT2D eigenvalue weighted by molar-refractivity contribution is 1.01. The van der Waals surface area contributed by atoms with Crippen molar-refractivity contribution >= 4 is 5.69 Å². The molecule has 0 aliphatic carbocycles. The van der Waals surface area contributed by atoms with E-state index in [1.807, 2.05) is 24.4 Å². The van der Waals surface area contributed by atoms with Crippen LogP contribution < -0.4 is 5.32 Å². The molecule has 94 valence electrons. The van der Waals surface area contributed by atoms with Gasteiger partial charge < -0.3 is 5.32 Å². The Kier molecular flexibility index (Phi) is 4.35. The number of nitrogens with zero attached hydrogens (tertiary/aromatic N) is 1. The molecule has 2 aromatic rings. The monoisotopic (exact) mass is 240 g/mol. The van der Waals surface area contributed by atoms with Crippen LogP contribution in [0.15, 0.2) is 42.6 Å². The van der Waals surface area contributed by atoms with Gasteiger partial charge in [-0.3, -0.25) is 4.98 Å². The first-order valence-corrected chi connectivity index (χ1v) is 6.59. The number of nitrogens with one attached hydrogen (secondary N) is 1. The number of hydrogen-bond donors (Lipinski definition) is 1. The summed E-state index contributed by atoms with van der Waals surface area (Å²) in [6.07, 6.45) is 3.94. The minimum atomic E-state index is 0.783. The van der Waals surface area contributed by atoms with Gasteiger partial charge in [-0.2, -0.15) is 0 Å². The third-order valence-electron chi connectivity index (χ3n) is 3.17. The van der Waals surface area contributed by atoms with Gasteiger partial charge in [0, 0.05) is 11.9 Å². The Morgan fingerprint density at radius 2 is 1.67 bits per heavy atom. The Hall–Kier alpha value is -1.83. The van der Waals surface area contributed by atoms with Gasteiger partial charge in [0.2, 0.25) is 0 Å². The van der Waals surface area contributed by atoms with E-state index >= 15 is 0 Å². The molecule has 1 N–H and O–H groups in total. The molecule has 1 heterocycles. The van der Waals surface area contributed by atoms with Gasteiger partial charge in [-0.1, -0.05) is 38.1 Å². The summed E-state index contributed by atoms with van der Waals surface area (Å²) in [6, 6.07) is 12.5. The second-order valence-electron chi connectivity index (χ2n) is 4.33. The van der Waals surface area contributed by atoms with Crippen molar-refractivity contribution in [1.82, 2.24) is 4.98 Å². The lowest BCUT2D eigenvalue weighted by Gasteiger charge is -2.15. The lowest BCUT2D eigenvalue weighted by Crippen LogP contribution is -2.06. The number of anilines is 1. The first-order valence-electron chi connectivity index (χ1n) is 6.59. The second-order valence-corrected chi connectivity index (χ2v) is 4.33. The molecule has 2 heteroatoms. The van der Waals surface area contributed by atoms with E-state index < -0.39 is 0 Å². The van der Waals surface area contributed by atoms with Crippen molar-refractivity contribution in [2.75, 3.05) is 5.32 Å². The van der Waals surface area contributed by atoms with E-state index in [2.05, 4.69) is 42.3 Å². The molecule has 0 radical (unpaired) electrons. The van der Waals surface area contributed by atoms with Crippen molar-refractivity contribution in [2.45, 2.75) is 33.2 Å². The van der Waals surface area contributed by atoms with E-state index in [1.54, 1.807) is 0 Å². The van der Waals surface area contributed by atoms with Crippen molar-refractivity contribution in [3.8, 4) is 0 Å². The van der Waals surface area contributed by atoms with Crippen LogP contribution in [0.2, 0.25) is 0 Å². The van der Waals surface area contributed by atoms with Crippen molar-refractivity contribution in [3.05, 3.63) is 59.4 Å². The predicted octanol–water partition coefficient (Wildman–Crippen LogP) is 3.82. The molecule has 0 bridgehead atoms. The molecule has 2 rings (SSSR count). The Labute approximate surface area is 109 Å². The number of hydrogen-bond acceptors (Lipinski definition) is 2. The van der Waals surface area contributed by atoms with E-state index in [4.69, 9.17) is 0 Å². The van der Waals surface area contributed by atoms with E-state index in [9.17, 15) is 0 Å². The molecule has 0 aliphatic heterocycles. The fourth-order valence-corrected chi connectivity index (χ4v) is 2.15. The summed E-state index contributed by atoms with van der Waals surface area (Å²) in [7, 11) is 0. The van der Waals surface area contributed by atoms with Crippen molar-refractivity contribution in [3.63, 3.8) is 0 Å². The molecule has 0 aliphatic rings. The van der Waals surface area contributed by atoms with Crippen molar-refractivity contribution in [1.29, 1.82) is 0 Å². The fourth-order valence-electron chi connectivity index (χ4n) is 2.15. The molecule has 2 nitrogen and oxygen atoms in total. The molecule has 0 amide bonds. The van der Waals surface area contributed by atoms with Crippen LogP contribution >= 0.6 is 0 Å². The Balaban J connectivity index is 2.17. The molecule has 0 atom stereocenters. The van der Waals surface area contributed by atoms with Crippen molar-refractivity contribution in [2.24, 2.45) is 0 Å². The molecule has 0 unspecified atom stereocenters. The van der Waals surface area contributed by atoms with Crippen LogP contribution in [0, 0.1) is 0 Å². The van der Waals surface area contributed by atoms with E-state index in [-0.39, 0.29) is 0 Å². The maximum atomic E-state index is 4.34. The average molecular weight is 240 g/mol. The molecular formula is C16H20N2. The maximum absolute atomic E-state index is 4.34. The third kappa shape index (κ3) is 2.89. The summed E-state index contributed by atoms with van der Waals surface area (Å²) in [4.78, 5) is 4.34. The van der Waals surface area contributed by atoms with Gasteiger partial charge in [0.25, 0.3) is 0 Å². The summed E-state index contributed by atoms with van der Waals surface area (Å²) < 4.78 is 0. The Morgan fingerprint density at radius 1 is 0.944 bits per heavy atom. The van der Waals surface area contributed by atoms with Gasteiger partial charge in [0.15, 0.2) is 0 Å². The van der Waals surface area contributed by atoms with Gasteiger partial charge in [-0.25, -0.2) is 0 Å². The molecular weight excluding hydrogens is 220 g/mol. The molecule has 0 spiro atoms. The van der Waals surface area contributed by atoms with Gasteiger partial charge in [-0.05, 0) is 36.1 Å². The van der Waals surface area contributed by atoms with Crippen LogP contribution in [0.5, 0.6) is 0 Å². The van der Waals surface area contributed by atoms with Crippen LogP contribution in [0.1, 0.15) is 30.7 Å². The Morgan fingerprint density at radius 3 is 2.22 bits per heavy atom. The Bertz CT molecular complexity index is 469. The zero-order valence-corrected chi connectivity index (χ0v) is 11.1. The fraction of sp³-hybridized carbons (Fsp3) is 0.312. The normalized spacial score (nSPS) is 10.3. The van der Waals surface area contributed by atoms with Crippen LogP contribution in [-0.4, -0.2) is 4.98 Å². The standard InChI is InChI=1S/C16H20N2/c1-3-13-8-7-9-14(4-2)16(13)18-12-15-10-5-6-11-17-15/h5-11,18H,3-4,12H2,1-2H3. The highest BCUT2D eigenvalue weighted by atomic mass is 14.9. The minimum absolute atomic E-state index is 0.783. The SMILES string of the molecule is CCc1cccc(CC)c1NCc1ccccn1. The van der Waals surface area contributed by atoms with E-state index in [1.165, 1.54) is 16.8 Å². The largest absolute Gasteiger partial charge is 0.379 e. The third-order valence-corrected chi connectivity index (χ3v) is 3.17. The summed E-state index contributed by atoms with van der Waals surface area (Å²) in [5.74, 6) is 0. The van der Waals surface area contributed by atoms with E-state index in [0.29, 0.717) is 0 Å². The second kappa shape index (κ2) is 6.20. The molecule has 1 aromatic heterocycles. The zero-order valence-electron chi connectivity index (χ0n) is 11.1. The first kappa shape index (κ1) is 12.6. The van der Waals surface area contributed by atoms with Crippen LogP contribution in [0.3, 0.4) is 0 Å². The molecule has 1 aromatic carbocycles. The summed E-state index contributed by atoms with van der Waals surface area (Å²) in [5, 5.41) is 3.54. The van der Waals surface area contributed by atoms with Gasteiger partial charge in [-0.15, -0.1) is 0 Å². The van der Waals surface area contributed by atoms with Crippen LogP contribution in [-0.2, 0) is 19.4 Å². The number of para-hydroxylation sites is 1. The van der Waals surface area contributed by atoms with Crippen LogP contribution in [0.25, 0.3) is 0 Å². The highest BCUT2D eigenvalue weighted by molar-refractivity contribution is 5.57. The summed E-state index contributed by atoms with van der Waals surface area (Å²) in [5.41, 5.74) is 5.12. The predicted molar refractivity (Wildman–Crippen MR) is 76.8 cm³/mol.